The average molecular weight is 236 g/mol. The van der Waals surface area contributed by atoms with Crippen molar-refractivity contribution in [3.05, 3.63) is 29.8 Å². The molecular formula is C13H20N2O2. The van der Waals surface area contributed by atoms with Crippen LogP contribution in [0.2, 0.25) is 0 Å². The Bertz CT molecular complexity index is 377. The van der Waals surface area contributed by atoms with Crippen molar-refractivity contribution in [3.8, 4) is 5.75 Å². The first kappa shape index (κ1) is 13.4. The molecule has 0 amide bonds. The lowest BCUT2D eigenvalue weighted by Crippen LogP contribution is -2.25. The zero-order valence-electron chi connectivity index (χ0n) is 10.4. The predicted molar refractivity (Wildman–Crippen MR) is 68.6 cm³/mol. The lowest BCUT2D eigenvalue weighted by molar-refractivity contribution is 0.200. The van der Waals surface area contributed by atoms with Gasteiger partial charge < -0.3 is 15.7 Å². The Hall–Kier alpha value is -1.71. The minimum Gasteiger partial charge on any atom is -0.490 e. The molecule has 0 aromatic heterocycles. The van der Waals surface area contributed by atoms with Crippen molar-refractivity contribution in [2.45, 2.75) is 39.2 Å². The van der Waals surface area contributed by atoms with Crippen molar-refractivity contribution < 1.29 is 9.94 Å². The lowest BCUT2D eigenvalue weighted by Gasteiger charge is -2.18. The van der Waals surface area contributed by atoms with Crippen LogP contribution < -0.4 is 10.5 Å². The maximum Gasteiger partial charge on any atom is 0.142 e. The van der Waals surface area contributed by atoms with E-state index < -0.39 is 0 Å². The van der Waals surface area contributed by atoms with E-state index in [-0.39, 0.29) is 11.9 Å². The monoisotopic (exact) mass is 236 g/mol. The molecule has 1 atom stereocenters. The summed E-state index contributed by atoms with van der Waals surface area (Å²) in [6.45, 7) is 4.11. The van der Waals surface area contributed by atoms with E-state index in [1.165, 1.54) is 5.56 Å². The van der Waals surface area contributed by atoms with E-state index in [9.17, 15) is 0 Å². The van der Waals surface area contributed by atoms with Gasteiger partial charge in [0, 0.05) is 6.42 Å². The Labute approximate surface area is 102 Å². The minimum atomic E-state index is -0.0569. The highest BCUT2D eigenvalue weighted by Gasteiger charge is 2.12. The third kappa shape index (κ3) is 3.98. The zero-order chi connectivity index (χ0) is 12.7. The van der Waals surface area contributed by atoms with Gasteiger partial charge in [-0.15, -0.1) is 0 Å². The molecule has 0 spiro atoms. The Kier molecular flexibility index (Phi) is 5.33. The molecule has 0 bridgehead atoms. The Morgan fingerprint density at radius 3 is 2.71 bits per heavy atom. The fraction of sp³-hybridized carbons (Fsp3) is 0.462. The predicted octanol–water partition coefficient (Wildman–Crippen LogP) is 2.54. The van der Waals surface area contributed by atoms with Crippen LogP contribution in [0.4, 0.5) is 0 Å². The van der Waals surface area contributed by atoms with Crippen LogP contribution in [0, 0.1) is 0 Å². The summed E-state index contributed by atoms with van der Waals surface area (Å²) in [6.07, 6.45) is 2.12. The number of nitrogens with two attached hydrogens (primary N) is 1. The van der Waals surface area contributed by atoms with Gasteiger partial charge in [0.15, 0.2) is 0 Å². The van der Waals surface area contributed by atoms with E-state index in [2.05, 4.69) is 12.1 Å². The maximum absolute atomic E-state index is 8.55. The quantitative estimate of drug-likeness (QED) is 0.345. The third-order valence-corrected chi connectivity index (χ3v) is 2.67. The molecule has 0 fully saturated rings. The van der Waals surface area contributed by atoms with E-state index in [1.807, 2.05) is 31.2 Å². The van der Waals surface area contributed by atoms with Crippen molar-refractivity contribution in [3.63, 3.8) is 0 Å². The summed E-state index contributed by atoms with van der Waals surface area (Å²) in [7, 11) is 0. The average Bonchev–Trinajstić information content (AvgIpc) is 2.38. The summed E-state index contributed by atoms with van der Waals surface area (Å²) < 4.78 is 5.89. The van der Waals surface area contributed by atoms with Gasteiger partial charge in [-0.1, -0.05) is 37.2 Å². The number of nitrogens with zero attached hydrogens (tertiary/aromatic N) is 1. The molecule has 4 heteroatoms. The van der Waals surface area contributed by atoms with Crippen LogP contribution in [-0.2, 0) is 6.42 Å². The van der Waals surface area contributed by atoms with Crippen LogP contribution >= 0.6 is 0 Å². The Balaban J connectivity index is 2.73. The van der Waals surface area contributed by atoms with Crippen molar-refractivity contribution in [1.82, 2.24) is 0 Å². The van der Waals surface area contributed by atoms with Crippen LogP contribution in [-0.4, -0.2) is 17.1 Å². The highest BCUT2D eigenvalue weighted by Crippen LogP contribution is 2.21. The van der Waals surface area contributed by atoms with Crippen LogP contribution in [0.15, 0.2) is 29.4 Å². The van der Waals surface area contributed by atoms with Gasteiger partial charge in [-0.3, -0.25) is 0 Å². The lowest BCUT2D eigenvalue weighted by atomic mass is 10.1. The molecule has 0 heterocycles. The van der Waals surface area contributed by atoms with Gasteiger partial charge in [0.2, 0.25) is 0 Å². The number of benzene rings is 1. The van der Waals surface area contributed by atoms with Crippen molar-refractivity contribution in [1.29, 1.82) is 0 Å². The van der Waals surface area contributed by atoms with Gasteiger partial charge in [0.25, 0.3) is 0 Å². The van der Waals surface area contributed by atoms with Crippen molar-refractivity contribution in [2.24, 2.45) is 10.9 Å². The van der Waals surface area contributed by atoms with Crippen molar-refractivity contribution >= 4 is 5.84 Å². The summed E-state index contributed by atoms with van der Waals surface area (Å²) in [5.41, 5.74) is 6.67. The van der Waals surface area contributed by atoms with E-state index >= 15 is 0 Å². The molecular weight excluding hydrogens is 216 g/mol. The number of para-hydroxylation sites is 1. The van der Waals surface area contributed by atoms with Gasteiger partial charge in [-0.25, -0.2) is 0 Å². The van der Waals surface area contributed by atoms with Gasteiger partial charge in [-0.2, -0.15) is 0 Å². The fourth-order valence-electron chi connectivity index (χ4n) is 1.63. The summed E-state index contributed by atoms with van der Waals surface area (Å²) in [6, 6.07) is 7.94. The second kappa shape index (κ2) is 6.78. The Morgan fingerprint density at radius 1 is 1.41 bits per heavy atom. The molecule has 3 N–H and O–H groups in total. The first-order valence-electron chi connectivity index (χ1n) is 5.92. The number of hydrogen-bond acceptors (Lipinski definition) is 3. The number of aryl methyl sites for hydroxylation is 1. The fourth-order valence-corrected chi connectivity index (χ4v) is 1.63. The minimum absolute atomic E-state index is 0.0569. The van der Waals surface area contributed by atoms with Crippen LogP contribution in [0.25, 0.3) is 0 Å². The first-order valence-corrected chi connectivity index (χ1v) is 5.92. The molecule has 0 aliphatic heterocycles. The van der Waals surface area contributed by atoms with Gasteiger partial charge in [-0.05, 0) is 24.5 Å². The molecule has 94 valence electrons. The summed E-state index contributed by atoms with van der Waals surface area (Å²) in [4.78, 5) is 0. The molecule has 1 unspecified atom stereocenters. The molecule has 1 aromatic carbocycles. The topological polar surface area (TPSA) is 67.8 Å². The number of ether oxygens (including phenoxy) is 1. The molecule has 0 aliphatic rings. The molecule has 0 aliphatic carbocycles. The van der Waals surface area contributed by atoms with E-state index in [0.717, 1.165) is 18.6 Å². The standard InChI is InChI=1S/C13H20N2O2/c1-3-10-7-5-6-8-12(10)17-11(4-2)9-13(14)15-16/h5-8,11,16H,3-4,9H2,1-2H3,(H2,14,15). The second-order valence-electron chi connectivity index (χ2n) is 3.90. The maximum atomic E-state index is 8.55. The van der Waals surface area contributed by atoms with Crippen LogP contribution in [0.3, 0.4) is 0 Å². The van der Waals surface area contributed by atoms with Crippen LogP contribution in [0.1, 0.15) is 32.3 Å². The SMILES string of the molecule is CCc1ccccc1OC(CC)C/C(N)=N/O. The number of amidine groups is 1. The second-order valence-corrected chi connectivity index (χ2v) is 3.90. The number of rotatable bonds is 6. The zero-order valence-corrected chi connectivity index (χ0v) is 10.4. The molecule has 17 heavy (non-hydrogen) atoms. The summed E-state index contributed by atoms with van der Waals surface area (Å²) >= 11 is 0. The van der Waals surface area contributed by atoms with Gasteiger partial charge >= 0.3 is 0 Å². The van der Waals surface area contributed by atoms with Crippen LogP contribution in [0.5, 0.6) is 5.75 Å². The first-order chi connectivity index (χ1) is 8.21. The smallest absolute Gasteiger partial charge is 0.142 e. The van der Waals surface area contributed by atoms with E-state index in [4.69, 9.17) is 15.7 Å². The summed E-state index contributed by atoms with van der Waals surface area (Å²) in [5.74, 6) is 1.08. The van der Waals surface area contributed by atoms with Gasteiger partial charge in [0.1, 0.15) is 17.7 Å². The highest BCUT2D eigenvalue weighted by molar-refractivity contribution is 5.80. The molecule has 0 radical (unpaired) electrons. The molecule has 0 saturated carbocycles. The highest BCUT2D eigenvalue weighted by atomic mass is 16.5. The summed E-state index contributed by atoms with van der Waals surface area (Å²) in [5, 5.41) is 11.5. The van der Waals surface area contributed by atoms with Crippen molar-refractivity contribution in [2.75, 3.05) is 0 Å². The third-order valence-electron chi connectivity index (χ3n) is 2.67. The number of oxime groups is 1. The largest absolute Gasteiger partial charge is 0.490 e. The Morgan fingerprint density at radius 2 is 2.12 bits per heavy atom. The number of hydrogen-bond donors (Lipinski definition) is 2. The van der Waals surface area contributed by atoms with E-state index in [0.29, 0.717) is 6.42 Å². The molecule has 1 rings (SSSR count). The molecule has 1 aromatic rings. The van der Waals surface area contributed by atoms with E-state index in [1.54, 1.807) is 0 Å². The molecule has 4 nitrogen and oxygen atoms in total. The van der Waals surface area contributed by atoms with Gasteiger partial charge in [0.05, 0.1) is 0 Å². The molecule has 0 saturated heterocycles. The normalized spacial score (nSPS) is 13.4.